The van der Waals surface area contributed by atoms with Crippen molar-refractivity contribution < 1.29 is 29.4 Å². The quantitative estimate of drug-likeness (QED) is 0.354. The van der Waals surface area contributed by atoms with Crippen LogP contribution in [0.3, 0.4) is 0 Å². The zero-order chi connectivity index (χ0) is 21.2. The Kier molecular flexibility index (Phi) is 8.17. The molecule has 0 saturated carbocycles. The molecule has 0 aromatic heterocycles. The van der Waals surface area contributed by atoms with Crippen molar-refractivity contribution in [3.05, 3.63) is 65.7 Å². The molecule has 2 unspecified atom stereocenters. The number of hydroxylamine groups is 1. The molecule has 29 heavy (non-hydrogen) atoms. The maximum absolute atomic E-state index is 12.7. The molecular weight excluding hydrogens is 376 g/mol. The third-order valence-corrected chi connectivity index (χ3v) is 4.47. The van der Waals surface area contributed by atoms with Crippen LogP contribution in [0, 0.1) is 5.92 Å². The van der Waals surface area contributed by atoms with Gasteiger partial charge in [-0.05, 0) is 29.7 Å². The summed E-state index contributed by atoms with van der Waals surface area (Å²) in [6, 6.07) is 14.8. The summed E-state index contributed by atoms with van der Waals surface area (Å²) < 4.78 is 5.08. The molecule has 2 aromatic carbocycles. The number of carboxylic acids is 1. The second kappa shape index (κ2) is 10.8. The second-order valence-electron chi connectivity index (χ2n) is 6.58. The summed E-state index contributed by atoms with van der Waals surface area (Å²) in [4.78, 5) is 36.0. The number of ether oxygens (including phenoxy) is 1. The number of nitrogens with one attached hydrogen (secondary N) is 2. The Balaban J connectivity index is 2.11. The molecule has 0 aliphatic rings. The summed E-state index contributed by atoms with van der Waals surface area (Å²) in [7, 11) is 1.53. The third-order valence-electron chi connectivity index (χ3n) is 4.47. The van der Waals surface area contributed by atoms with E-state index in [0.717, 1.165) is 5.56 Å². The fourth-order valence-corrected chi connectivity index (χ4v) is 2.91. The minimum absolute atomic E-state index is 0.0787. The lowest BCUT2D eigenvalue weighted by molar-refractivity contribution is -0.142. The summed E-state index contributed by atoms with van der Waals surface area (Å²) in [5.74, 6) is -2.66. The van der Waals surface area contributed by atoms with Crippen LogP contribution >= 0.6 is 0 Å². The number of carbonyl (C=O) groups is 3. The SMILES string of the molecule is COc1ccc(CC(NC(=O)C(CC(=O)NO)Cc2ccccc2)C(=O)O)cc1. The van der Waals surface area contributed by atoms with E-state index in [2.05, 4.69) is 5.32 Å². The highest BCUT2D eigenvalue weighted by Gasteiger charge is 2.27. The Morgan fingerprint density at radius 3 is 2.14 bits per heavy atom. The van der Waals surface area contributed by atoms with Crippen molar-refractivity contribution in [3.8, 4) is 5.75 Å². The third kappa shape index (κ3) is 6.93. The van der Waals surface area contributed by atoms with Crippen molar-refractivity contribution in [2.75, 3.05) is 7.11 Å². The fourth-order valence-electron chi connectivity index (χ4n) is 2.91. The number of methoxy groups -OCH3 is 1. The Morgan fingerprint density at radius 1 is 0.966 bits per heavy atom. The standard InChI is InChI=1S/C21H24N2O6/c1-29-17-9-7-15(8-10-17)12-18(21(26)27)22-20(25)16(13-19(24)23-28)11-14-5-3-2-4-6-14/h2-10,16,18,28H,11-13H2,1H3,(H,22,25)(H,23,24)(H,26,27). The van der Waals surface area contributed by atoms with Gasteiger partial charge in [0.15, 0.2) is 0 Å². The van der Waals surface area contributed by atoms with Gasteiger partial charge in [-0.15, -0.1) is 0 Å². The van der Waals surface area contributed by atoms with Crippen LogP contribution in [0.2, 0.25) is 0 Å². The zero-order valence-electron chi connectivity index (χ0n) is 16.0. The number of carbonyl (C=O) groups excluding carboxylic acids is 2. The molecule has 0 aliphatic carbocycles. The molecule has 0 spiro atoms. The lowest BCUT2D eigenvalue weighted by Crippen LogP contribution is -2.46. The molecular formula is C21H24N2O6. The van der Waals surface area contributed by atoms with E-state index in [-0.39, 0.29) is 19.3 Å². The monoisotopic (exact) mass is 400 g/mol. The first-order valence-corrected chi connectivity index (χ1v) is 9.06. The lowest BCUT2D eigenvalue weighted by atomic mass is 9.94. The maximum atomic E-state index is 12.7. The first-order chi connectivity index (χ1) is 13.9. The van der Waals surface area contributed by atoms with Crippen LogP contribution in [0.15, 0.2) is 54.6 Å². The summed E-state index contributed by atoms with van der Waals surface area (Å²) in [5, 5.41) is 20.8. The van der Waals surface area contributed by atoms with Crippen LogP contribution < -0.4 is 15.5 Å². The van der Waals surface area contributed by atoms with E-state index in [4.69, 9.17) is 9.94 Å². The van der Waals surface area contributed by atoms with Crippen molar-refractivity contribution in [2.45, 2.75) is 25.3 Å². The van der Waals surface area contributed by atoms with Crippen LogP contribution in [0.5, 0.6) is 5.75 Å². The highest BCUT2D eigenvalue weighted by atomic mass is 16.5. The Bertz CT molecular complexity index is 823. The van der Waals surface area contributed by atoms with Gasteiger partial charge < -0.3 is 15.2 Å². The topological polar surface area (TPSA) is 125 Å². The van der Waals surface area contributed by atoms with E-state index in [1.165, 1.54) is 12.6 Å². The largest absolute Gasteiger partial charge is 0.497 e. The van der Waals surface area contributed by atoms with E-state index >= 15 is 0 Å². The number of aliphatic carboxylic acids is 1. The van der Waals surface area contributed by atoms with E-state index < -0.39 is 29.7 Å². The smallest absolute Gasteiger partial charge is 0.326 e. The average Bonchev–Trinajstić information content (AvgIpc) is 2.73. The number of carboxylic acid groups (broad SMARTS) is 1. The average molecular weight is 400 g/mol. The van der Waals surface area contributed by atoms with Gasteiger partial charge in [0.1, 0.15) is 11.8 Å². The summed E-state index contributed by atoms with van der Waals surface area (Å²) in [6.45, 7) is 0. The Morgan fingerprint density at radius 2 is 1.59 bits per heavy atom. The molecule has 154 valence electrons. The minimum Gasteiger partial charge on any atom is -0.497 e. The van der Waals surface area contributed by atoms with Gasteiger partial charge in [-0.25, -0.2) is 10.3 Å². The van der Waals surface area contributed by atoms with Crippen LogP contribution in [0.1, 0.15) is 17.5 Å². The molecule has 0 bridgehead atoms. The first-order valence-electron chi connectivity index (χ1n) is 9.06. The van der Waals surface area contributed by atoms with Crippen molar-refractivity contribution in [1.82, 2.24) is 10.8 Å². The minimum atomic E-state index is -1.18. The molecule has 0 saturated heterocycles. The maximum Gasteiger partial charge on any atom is 0.326 e. The van der Waals surface area contributed by atoms with Crippen LogP contribution in [0.4, 0.5) is 0 Å². The second-order valence-corrected chi connectivity index (χ2v) is 6.58. The summed E-state index contributed by atoms with van der Waals surface area (Å²) >= 11 is 0. The predicted molar refractivity (Wildman–Crippen MR) is 104 cm³/mol. The molecule has 2 rings (SSSR count). The molecule has 2 aromatic rings. The molecule has 0 radical (unpaired) electrons. The Labute approximate surface area is 168 Å². The van der Waals surface area contributed by atoms with E-state index in [1.54, 1.807) is 36.4 Å². The van der Waals surface area contributed by atoms with Gasteiger partial charge in [-0.2, -0.15) is 0 Å². The summed E-state index contributed by atoms with van der Waals surface area (Å²) in [5.41, 5.74) is 3.05. The number of hydrogen-bond acceptors (Lipinski definition) is 5. The van der Waals surface area contributed by atoms with Crippen molar-refractivity contribution in [3.63, 3.8) is 0 Å². The number of amides is 2. The molecule has 2 atom stereocenters. The molecule has 8 nitrogen and oxygen atoms in total. The van der Waals surface area contributed by atoms with Gasteiger partial charge >= 0.3 is 5.97 Å². The molecule has 8 heteroatoms. The summed E-state index contributed by atoms with van der Waals surface area (Å²) in [6.07, 6.45) is 0.0381. The number of rotatable bonds is 10. The van der Waals surface area contributed by atoms with Crippen molar-refractivity contribution >= 4 is 17.8 Å². The normalized spacial score (nSPS) is 12.5. The van der Waals surface area contributed by atoms with Crippen molar-refractivity contribution in [2.24, 2.45) is 5.92 Å². The van der Waals surface area contributed by atoms with Gasteiger partial charge in [0.25, 0.3) is 0 Å². The fraction of sp³-hybridized carbons (Fsp3) is 0.286. The highest BCUT2D eigenvalue weighted by molar-refractivity contribution is 5.88. The van der Waals surface area contributed by atoms with E-state index in [0.29, 0.717) is 11.3 Å². The first kappa shape index (κ1) is 21.9. The van der Waals surface area contributed by atoms with E-state index in [1.807, 2.05) is 18.2 Å². The predicted octanol–water partition coefficient (Wildman–Crippen LogP) is 1.56. The molecule has 4 N–H and O–H groups in total. The van der Waals surface area contributed by atoms with Crippen molar-refractivity contribution in [1.29, 1.82) is 0 Å². The van der Waals surface area contributed by atoms with E-state index in [9.17, 15) is 19.5 Å². The molecule has 0 aliphatic heterocycles. The van der Waals surface area contributed by atoms with Crippen LogP contribution in [-0.2, 0) is 27.2 Å². The Hall–Kier alpha value is -3.39. The van der Waals surface area contributed by atoms with Gasteiger partial charge in [-0.3, -0.25) is 14.8 Å². The molecule has 0 fully saturated rings. The van der Waals surface area contributed by atoms with Gasteiger partial charge in [-0.1, -0.05) is 42.5 Å². The van der Waals surface area contributed by atoms with Gasteiger partial charge in [0.05, 0.1) is 13.0 Å². The van der Waals surface area contributed by atoms with Crippen LogP contribution in [-0.4, -0.2) is 41.2 Å². The van der Waals surface area contributed by atoms with Gasteiger partial charge in [0.2, 0.25) is 11.8 Å². The number of hydrogen-bond donors (Lipinski definition) is 4. The number of benzene rings is 2. The zero-order valence-corrected chi connectivity index (χ0v) is 16.0. The van der Waals surface area contributed by atoms with Gasteiger partial charge in [0, 0.05) is 12.8 Å². The molecule has 2 amide bonds. The lowest BCUT2D eigenvalue weighted by Gasteiger charge is -2.20. The van der Waals surface area contributed by atoms with Crippen LogP contribution in [0.25, 0.3) is 0 Å². The molecule has 0 heterocycles. The highest BCUT2D eigenvalue weighted by Crippen LogP contribution is 2.15.